The summed E-state index contributed by atoms with van der Waals surface area (Å²) in [5.74, 6) is 0.0427. The van der Waals surface area contributed by atoms with Gasteiger partial charge < -0.3 is 0 Å². The molecule has 0 N–H and O–H groups in total. The number of ketones is 1. The van der Waals surface area contributed by atoms with Gasteiger partial charge in [0.1, 0.15) is 0 Å². The van der Waals surface area contributed by atoms with Crippen LogP contribution in [0.5, 0.6) is 0 Å². The second-order valence-corrected chi connectivity index (χ2v) is 3.24. The minimum absolute atomic E-state index is 0.00287. The summed E-state index contributed by atoms with van der Waals surface area (Å²) in [6.45, 7) is 9.05. The van der Waals surface area contributed by atoms with Crippen LogP contribution in [0.15, 0.2) is 23.3 Å². The standard InChI is InChI=1S/C9H13ClO/c1-6(2)8(10)5-9(11)7(3)4/h5,7H,1H2,2-4H3/b8-5-. The van der Waals surface area contributed by atoms with E-state index in [9.17, 15) is 4.79 Å². The van der Waals surface area contributed by atoms with E-state index in [0.29, 0.717) is 5.03 Å². The minimum atomic E-state index is 0.00287. The van der Waals surface area contributed by atoms with E-state index in [4.69, 9.17) is 11.6 Å². The van der Waals surface area contributed by atoms with Crippen LogP contribution in [0.3, 0.4) is 0 Å². The lowest BCUT2D eigenvalue weighted by Gasteiger charge is -1.99. The highest BCUT2D eigenvalue weighted by Gasteiger charge is 2.04. The Morgan fingerprint density at radius 3 is 2.27 bits per heavy atom. The third kappa shape index (κ3) is 3.99. The van der Waals surface area contributed by atoms with Crippen molar-refractivity contribution < 1.29 is 4.79 Å². The van der Waals surface area contributed by atoms with E-state index < -0.39 is 0 Å². The van der Waals surface area contributed by atoms with Gasteiger partial charge in [-0.05, 0) is 12.5 Å². The van der Waals surface area contributed by atoms with Gasteiger partial charge in [-0.25, -0.2) is 0 Å². The van der Waals surface area contributed by atoms with Crippen LogP contribution < -0.4 is 0 Å². The smallest absolute Gasteiger partial charge is 0.159 e. The summed E-state index contributed by atoms with van der Waals surface area (Å²) in [7, 11) is 0. The molecule has 0 aliphatic rings. The van der Waals surface area contributed by atoms with Crippen molar-refractivity contribution in [1.82, 2.24) is 0 Å². The predicted molar refractivity (Wildman–Crippen MR) is 48.6 cm³/mol. The first-order chi connectivity index (χ1) is 4.95. The second-order valence-electron chi connectivity index (χ2n) is 2.83. The molecule has 2 heteroatoms. The van der Waals surface area contributed by atoms with Gasteiger partial charge in [0.15, 0.2) is 5.78 Å². The molecular weight excluding hydrogens is 160 g/mol. The molecule has 11 heavy (non-hydrogen) atoms. The molecule has 0 rings (SSSR count). The molecule has 0 radical (unpaired) electrons. The monoisotopic (exact) mass is 172 g/mol. The Morgan fingerprint density at radius 2 is 2.00 bits per heavy atom. The zero-order chi connectivity index (χ0) is 9.02. The van der Waals surface area contributed by atoms with Gasteiger partial charge in [-0.2, -0.15) is 0 Å². The lowest BCUT2D eigenvalue weighted by molar-refractivity contribution is -0.117. The van der Waals surface area contributed by atoms with Crippen molar-refractivity contribution in [1.29, 1.82) is 0 Å². The lowest BCUT2D eigenvalue weighted by Crippen LogP contribution is -2.02. The average molecular weight is 173 g/mol. The molecule has 0 fully saturated rings. The van der Waals surface area contributed by atoms with E-state index >= 15 is 0 Å². The second kappa shape index (κ2) is 4.35. The lowest BCUT2D eigenvalue weighted by atomic mass is 10.1. The van der Waals surface area contributed by atoms with E-state index in [-0.39, 0.29) is 11.7 Å². The van der Waals surface area contributed by atoms with Gasteiger partial charge >= 0.3 is 0 Å². The molecule has 0 atom stereocenters. The maximum atomic E-state index is 11.1. The Morgan fingerprint density at radius 1 is 1.55 bits per heavy atom. The number of hydrogen-bond donors (Lipinski definition) is 0. The third-order valence-corrected chi connectivity index (χ3v) is 1.68. The van der Waals surface area contributed by atoms with Gasteiger partial charge in [-0.3, -0.25) is 4.79 Å². The molecule has 0 aliphatic carbocycles. The fourth-order valence-electron chi connectivity index (χ4n) is 0.415. The number of halogens is 1. The fraction of sp³-hybridized carbons (Fsp3) is 0.444. The van der Waals surface area contributed by atoms with Gasteiger partial charge in [-0.15, -0.1) is 0 Å². The largest absolute Gasteiger partial charge is 0.295 e. The van der Waals surface area contributed by atoms with Crippen LogP contribution >= 0.6 is 11.6 Å². The Balaban J connectivity index is 4.32. The third-order valence-electron chi connectivity index (χ3n) is 1.25. The summed E-state index contributed by atoms with van der Waals surface area (Å²) in [6.07, 6.45) is 1.43. The van der Waals surface area contributed by atoms with Gasteiger partial charge in [0.2, 0.25) is 0 Å². The Hall–Kier alpha value is -0.560. The summed E-state index contributed by atoms with van der Waals surface area (Å²) in [4.78, 5) is 11.1. The number of carbonyl (C=O) groups excluding carboxylic acids is 1. The molecule has 0 unspecified atom stereocenters. The molecule has 0 heterocycles. The van der Waals surface area contributed by atoms with Crippen molar-refractivity contribution in [3.63, 3.8) is 0 Å². The number of carbonyl (C=O) groups is 1. The summed E-state index contributed by atoms with van der Waals surface area (Å²) < 4.78 is 0. The molecule has 0 spiro atoms. The highest BCUT2D eigenvalue weighted by molar-refractivity contribution is 6.33. The Bertz CT molecular complexity index is 202. The SMILES string of the molecule is C=C(C)/C(Cl)=C/C(=O)C(C)C. The molecule has 0 saturated carbocycles. The predicted octanol–water partition coefficient (Wildman–Crippen LogP) is 2.91. The summed E-state index contributed by atoms with van der Waals surface area (Å²) >= 11 is 5.70. The number of rotatable bonds is 3. The molecule has 0 aliphatic heterocycles. The number of hydrogen-bond acceptors (Lipinski definition) is 1. The van der Waals surface area contributed by atoms with Crippen molar-refractivity contribution in [3.05, 3.63) is 23.3 Å². The Kier molecular flexibility index (Phi) is 4.12. The summed E-state index contributed by atoms with van der Waals surface area (Å²) in [6, 6.07) is 0. The van der Waals surface area contributed by atoms with Gasteiger partial charge in [-0.1, -0.05) is 32.0 Å². The highest BCUT2D eigenvalue weighted by Crippen LogP contribution is 2.12. The van der Waals surface area contributed by atoms with Gasteiger partial charge in [0.25, 0.3) is 0 Å². The number of allylic oxidation sites excluding steroid dienone is 3. The van der Waals surface area contributed by atoms with Crippen LogP contribution in [0.1, 0.15) is 20.8 Å². The van der Waals surface area contributed by atoms with Crippen molar-refractivity contribution in [2.24, 2.45) is 5.92 Å². The maximum absolute atomic E-state index is 11.1. The maximum Gasteiger partial charge on any atom is 0.159 e. The van der Waals surface area contributed by atoms with Gasteiger partial charge in [0, 0.05) is 17.0 Å². The zero-order valence-electron chi connectivity index (χ0n) is 7.15. The first-order valence-corrected chi connectivity index (χ1v) is 3.90. The van der Waals surface area contributed by atoms with Crippen LogP contribution in [0.2, 0.25) is 0 Å². The molecule has 0 aromatic heterocycles. The van der Waals surface area contributed by atoms with Crippen LogP contribution in [0, 0.1) is 5.92 Å². The normalized spacial score (nSPS) is 11.9. The fourth-order valence-corrected chi connectivity index (χ4v) is 0.522. The molecule has 0 aromatic carbocycles. The van der Waals surface area contributed by atoms with E-state index in [1.165, 1.54) is 6.08 Å². The molecule has 0 bridgehead atoms. The minimum Gasteiger partial charge on any atom is -0.295 e. The first kappa shape index (κ1) is 10.4. The van der Waals surface area contributed by atoms with E-state index in [2.05, 4.69) is 6.58 Å². The molecular formula is C9H13ClO. The molecule has 62 valence electrons. The van der Waals surface area contributed by atoms with E-state index in [0.717, 1.165) is 5.57 Å². The average Bonchev–Trinajstić information content (AvgIpc) is 1.87. The van der Waals surface area contributed by atoms with Crippen LogP contribution in [-0.4, -0.2) is 5.78 Å². The summed E-state index contributed by atoms with van der Waals surface area (Å²) in [5.41, 5.74) is 0.723. The molecule has 0 saturated heterocycles. The van der Waals surface area contributed by atoms with E-state index in [1.54, 1.807) is 6.92 Å². The molecule has 0 amide bonds. The van der Waals surface area contributed by atoms with Crippen molar-refractivity contribution in [2.45, 2.75) is 20.8 Å². The zero-order valence-corrected chi connectivity index (χ0v) is 7.90. The Labute approximate surface area is 72.7 Å². The van der Waals surface area contributed by atoms with Crippen molar-refractivity contribution in [3.8, 4) is 0 Å². The molecule has 0 aromatic rings. The van der Waals surface area contributed by atoms with Crippen LogP contribution in [0.25, 0.3) is 0 Å². The summed E-state index contributed by atoms with van der Waals surface area (Å²) in [5, 5.41) is 0.448. The van der Waals surface area contributed by atoms with E-state index in [1.807, 2.05) is 13.8 Å². The van der Waals surface area contributed by atoms with Gasteiger partial charge in [0.05, 0.1) is 0 Å². The van der Waals surface area contributed by atoms with Crippen molar-refractivity contribution in [2.75, 3.05) is 0 Å². The highest BCUT2D eigenvalue weighted by atomic mass is 35.5. The first-order valence-electron chi connectivity index (χ1n) is 3.52. The quantitative estimate of drug-likeness (QED) is 0.473. The van der Waals surface area contributed by atoms with Crippen LogP contribution in [0.4, 0.5) is 0 Å². The molecule has 1 nitrogen and oxygen atoms in total. The topological polar surface area (TPSA) is 17.1 Å². The van der Waals surface area contributed by atoms with Crippen molar-refractivity contribution >= 4 is 17.4 Å². The van der Waals surface area contributed by atoms with Crippen LogP contribution in [-0.2, 0) is 4.79 Å².